The summed E-state index contributed by atoms with van der Waals surface area (Å²) in [4.78, 5) is 40.0. The van der Waals surface area contributed by atoms with E-state index in [9.17, 15) is 9.59 Å². The number of fused-ring (bicyclic) bond motifs is 3. The van der Waals surface area contributed by atoms with E-state index in [0.717, 1.165) is 14.6 Å². The summed E-state index contributed by atoms with van der Waals surface area (Å²) in [5.74, 6) is -0.260. The van der Waals surface area contributed by atoms with Gasteiger partial charge in [0.2, 0.25) is 0 Å². The third kappa shape index (κ3) is 4.04. The van der Waals surface area contributed by atoms with Gasteiger partial charge >= 0.3 is 0 Å². The molecule has 0 fully saturated rings. The van der Waals surface area contributed by atoms with E-state index in [4.69, 9.17) is 0 Å². The number of likely N-dealkylation sites (N-methyl/N-ethyl adjacent to an activating group) is 2. The monoisotopic (exact) mass is 708 g/mol. The van der Waals surface area contributed by atoms with E-state index in [1.807, 2.05) is 62.9 Å². The fourth-order valence-electron chi connectivity index (χ4n) is 6.57. The normalized spacial score (nSPS) is 15.2. The molecule has 4 nitrogen and oxygen atoms in total. The van der Waals surface area contributed by atoms with Gasteiger partial charge in [0, 0.05) is 74.7 Å². The van der Waals surface area contributed by atoms with Crippen LogP contribution in [-0.2, 0) is 9.59 Å². The van der Waals surface area contributed by atoms with Gasteiger partial charge in [0.15, 0.2) is 0 Å². The maximum absolute atomic E-state index is 13.7. The molecule has 226 valence electrons. The Morgan fingerprint density at radius 1 is 0.522 bits per heavy atom. The van der Waals surface area contributed by atoms with Crippen molar-refractivity contribution in [3.8, 4) is 30.6 Å². The van der Waals surface area contributed by atoms with Crippen molar-refractivity contribution in [3.05, 3.63) is 102 Å². The van der Waals surface area contributed by atoms with Gasteiger partial charge in [-0.05, 0) is 79.2 Å². The summed E-state index contributed by atoms with van der Waals surface area (Å²) in [5, 5.41) is 6.78. The standard InChI is InChI=1S/C36H24N2O2S6/c1-17-7-9-22(43-17)27-19-13-15-42-33(19)28(23-10-8-18(2)44-23)20-16-26(46-34(20)27)21-11-12-25(45-21)32-30-29(35(39)38(32)4)31(37(3)36(30)40)24-6-5-14-41-24/h5-16H,1-4H3. The Labute approximate surface area is 289 Å². The number of nitrogens with zero attached hydrogens (tertiary/aromatic N) is 2. The van der Waals surface area contributed by atoms with Gasteiger partial charge in [-0.25, -0.2) is 0 Å². The zero-order valence-electron chi connectivity index (χ0n) is 25.1. The molecule has 7 aromatic rings. The van der Waals surface area contributed by atoms with Crippen LogP contribution >= 0.6 is 68.0 Å². The van der Waals surface area contributed by atoms with Gasteiger partial charge in [-0.1, -0.05) is 6.07 Å². The fraction of sp³-hybridized carbons (Fsp3) is 0.111. The molecule has 2 amide bonds. The smallest absolute Gasteiger partial charge is 0.261 e. The van der Waals surface area contributed by atoms with E-state index in [0.29, 0.717) is 22.5 Å². The number of carbonyl (C=O) groups is 2. The molecule has 0 aliphatic carbocycles. The second-order valence-electron chi connectivity index (χ2n) is 11.4. The van der Waals surface area contributed by atoms with Crippen molar-refractivity contribution in [1.82, 2.24) is 9.80 Å². The van der Waals surface area contributed by atoms with Crippen LogP contribution < -0.4 is 0 Å². The Balaban J connectivity index is 1.24. The molecule has 8 heterocycles. The average Bonchev–Trinajstić information content (AvgIpc) is 3.87. The van der Waals surface area contributed by atoms with Crippen molar-refractivity contribution >= 4 is 111 Å². The molecule has 0 unspecified atom stereocenters. The number of rotatable bonds is 5. The molecule has 1 aromatic carbocycles. The van der Waals surface area contributed by atoms with E-state index in [1.165, 1.54) is 55.7 Å². The SMILES string of the molecule is Cc1ccc(-c2c3cc(-c4ccc(C5=C6C(=O)N(C)C(c7cccs7)=C6C(=O)N5C)s4)sc3c(-c3ccc(C)s3)c3ccsc23)s1. The predicted molar refractivity (Wildman–Crippen MR) is 200 cm³/mol. The highest BCUT2D eigenvalue weighted by molar-refractivity contribution is 7.28. The van der Waals surface area contributed by atoms with Crippen molar-refractivity contribution in [2.45, 2.75) is 13.8 Å². The summed E-state index contributed by atoms with van der Waals surface area (Å²) in [5.41, 5.74) is 5.05. The van der Waals surface area contributed by atoms with E-state index < -0.39 is 0 Å². The molecule has 2 aliphatic rings. The van der Waals surface area contributed by atoms with Crippen LogP contribution in [0.5, 0.6) is 0 Å². The van der Waals surface area contributed by atoms with Crippen molar-refractivity contribution < 1.29 is 9.59 Å². The minimum atomic E-state index is -0.130. The first-order valence-corrected chi connectivity index (χ1v) is 19.6. The van der Waals surface area contributed by atoms with Crippen LogP contribution in [0.25, 0.3) is 62.2 Å². The summed E-state index contributed by atoms with van der Waals surface area (Å²) in [6.07, 6.45) is 0. The van der Waals surface area contributed by atoms with E-state index >= 15 is 0 Å². The number of carbonyl (C=O) groups excluding carboxylic acids is 2. The van der Waals surface area contributed by atoms with Gasteiger partial charge in [0.25, 0.3) is 11.8 Å². The molecular formula is C36H24N2O2S6. The lowest BCUT2D eigenvalue weighted by atomic mass is 10.00. The fourth-order valence-corrected chi connectivity index (χ4v) is 12.8. The van der Waals surface area contributed by atoms with Gasteiger partial charge < -0.3 is 9.80 Å². The summed E-state index contributed by atoms with van der Waals surface area (Å²) in [6.45, 7) is 4.34. The Bertz CT molecular complexity index is 2380. The lowest BCUT2D eigenvalue weighted by molar-refractivity contribution is -0.123. The largest absolute Gasteiger partial charge is 0.309 e. The van der Waals surface area contributed by atoms with Crippen molar-refractivity contribution in [2.24, 2.45) is 0 Å². The van der Waals surface area contributed by atoms with Crippen LogP contribution in [0.2, 0.25) is 0 Å². The molecule has 46 heavy (non-hydrogen) atoms. The lowest BCUT2D eigenvalue weighted by Gasteiger charge is -2.18. The van der Waals surface area contributed by atoms with Crippen molar-refractivity contribution in [1.29, 1.82) is 0 Å². The van der Waals surface area contributed by atoms with Crippen LogP contribution in [0.4, 0.5) is 0 Å². The third-order valence-corrected chi connectivity index (χ3v) is 14.9. The van der Waals surface area contributed by atoms with E-state index in [2.05, 4.69) is 67.8 Å². The molecule has 0 radical (unpaired) electrons. The first-order chi connectivity index (χ1) is 22.3. The first-order valence-electron chi connectivity index (χ1n) is 14.6. The van der Waals surface area contributed by atoms with Crippen LogP contribution in [-0.4, -0.2) is 35.7 Å². The molecule has 10 heteroatoms. The predicted octanol–water partition coefficient (Wildman–Crippen LogP) is 11.0. The Morgan fingerprint density at radius 2 is 1.13 bits per heavy atom. The summed E-state index contributed by atoms with van der Waals surface area (Å²) < 4.78 is 2.63. The maximum Gasteiger partial charge on any atom is 0.261 e. The zero-order valence-corrected chi connectivity index (χ0v) is 30.0. The van der Waals surface area contributed by atoms with Gasteiger partial charge in [0.1, 0.15) is 0 Å². The number of hydrogen-bond donors (Lipinski definition) is 0. The lowest BCUT2D eigenvalue weighted by Crippen LogP contribution is -2.24. The molecule has 0 bridgehead atoms. The van der Waals surface area contributed by atoms with Gasteiger partial charge in [-0.15, -0.1) is 68.0 Å². The quantitative estimate of drug-likeness (QED) is 0.179. The van der Waals surface area contributed by atoms with E-state index in [1.54, 1.807) is 46.6 Å². The summed E-state index contributed by atoms with van der Waals surface area (Å²) in [6, 6.07) is 21.7. The number of hydrogen-bond acceptors (Lipinski definition) is 8. The molecule has 0 spiro atoms. The van der Waals surface area contributed by atoms with Gasteiger partial charge in [0.05, 0.1) is 32.3 Å². The highest BCUT2D eigenvalue weighted by Crippen LogP contribution is 2.53. The minimum Gasteiger partial charge on any atom is -0.309 e. The molecule has 6 aromatic heterocycles. The summed E-state index contributed by atoms with van der Waals surface area (Å²) in [7, 11) is 3.55. The highest BCUT2D eigenvalue weighted by atomic mass is 32.1. The molecule has 0 saturated carbocycles. The molecule has 0 N–H and O–H groups in total. The van der Waals surface area contributed by atoms with Crippen LogP contribution in [0.1, 0.15) is 19.5 Å². The number of amides is 2. The van der Waals surface area contributed by atoms with Gasteiger partial charge in [-0.3, -0.25) is 9.59 Å². The number of thiophene rings is 6. The molecule has 0 atom stereocenters. The number of aryl methyl sites for hydroxylation is 2. The highest BCUT2D eigenvalue weighted by Gasteiger charge is 2.47. The van der Waals surface area contributed by atoms with Crippen LogP contribution in [0.3, 0.4) is 0 Å². The van der Waals surface area contributed by atoms with Crippen molar-refractivity contribution in [3.63, 3.8) is 0 Å². The molecule has 2 aliphatic heterocycles. The third-order valence-electron chi connectivity index (χ3n) is 8.63. The minimum absolute atomic E-state index is 0.130. The van der Waals surface area contributed by atoms with Crippen LogP contribution in [0.15, 0.2) is 82.6 Å². The zero-order chi connectivity index (χ0) is 31.4. The second kappa shape index (κ2) is 10.4. The summed E-state index contributed by atoms with van der Waals surface area (Å²) >= 11 is 10.5. The van der Waals surface area contributed by atoms with E-state index in [-0.39, 0.29) is 11.8 Å². The van der Waals surface area contributed by atoms with Crippen molar-refractivity contribution in [2.75, 3.05) is 14.1 Å². The Morgan fingerprint density at radius 3 is 1.74 bits per heavy atom. The second-order valence-corrected chi connectivity index (χ2v) is 18.0. The molecular weight excluding hydrogens is 685 g/mol. The Hall–Kier alpha value is -3.64. The first kappa shape index (κ1) is 28.6. The number of benzene rings is 1. The molecule has 0 saturated heterocycles. The Kier molecular flexibility index (Phi) is 6.48. The topological polar surface area (TPSA) is 40.6 Å². The van der Waals surface area contributed by atoms with Crippen LogP contribution in [0, 0.1) is 13.8 Å². The average molecular weight is 709 g/mol. The van der Waals surface area contributed by atoms with Gasteiger partial charge in [-0.2, -0.15) is 0 Å². The maximum atomic E-state index is 13.7. The molecule has 9 rings (SSSR count).